The fraction of sp³-hybridized carbons (Fsp3) is 0.261. The molecule has 1 aliphatic rings. The molecule has 2 aromatic carbocycles. The van der Waals surface area contributed by atoms with Gasteiger partial charge in [-0.3, -0.25) is 0 Å². The van der Waals surface area contributed by atoms with Crippen LogP contribution in [0.1, 0.15) is 6.92 Å². The second-order valence-electron chi connectivity index (χ2n) is 7.40. The van der Waals surface area contributed by atoms with Crippen LogP contribution in [-0.4, -0.2) is 52.7 Å². The van der Waals surface area contributed by atoms with Crippen molar-refractivity contribution in [3.63, 3.8) is 0 Å². The molecule has 4 aromatic rings. The molecule has 0 spiro atoms. The van der Waals surface area contributed by atoms with Crippen molar-refractivity contribution >= 4 is 16.7 Å². The minimum atomic E-state index is -0.332. The summed E-state index contributed by atoms with van der Waals surface area (Å²) >= 11 is 0. The van der Waals surface area contributed by atoms with Crippen LogP contribution < -0.4 is 4.90 Å². The maximum Gasteiger partial charge on any atom is 0.259 e. The maximum atomic E-state index is 13.6. The van der Waals surface area contributed by atoms with E-state index in [2.05, 4.69) is 26.9 Å². The Labute approximate surface area is 174 Å². The summed E-state index contributed by atoms with van der Waals surface area (Å²) in [5.74, 6) is 1.34. The fourth-order valence-electron chi connectivity index (χ4n) is 3.87. The van der Waals surface area contributed by atoms with Crippen LogP contribution in [0.5, 0.6) is 0 Å². The Balaban J connectivity index is 1.55. The largest absolute Gasteiger partial charge is 0.354 e. The van der Waals surface area contributed by atoms with Crippen molar-refractivity contribution in [1.29, 1.82) is 0 Å². The Morgan fingerprint density at radius 1 is 0.967 bits per heavy atom. The first-order chi connectivity index (χ1) is 14.7. The van der Waals surface area contributed by atoms with Crippen LogP contribution in [0, 0.1) is 5.82 Å². The molecular weight excluding hydrogens is 381 g/mol. The summed E-state index contributed by atoms with van der Waals surface area (Å²) < 4.78 is 19.2. The van der Waals surface area contributed by atoms with Crippen molar-refractivity contribution in [3.05, 3.63) is 60.4 Å². The smallest absolute Gasteiger partial charge is 0.259 e. The Hall–Kier alpha value is -3.32. The molecule has 1 aliphatic heterocycles. The monoisotopic (exact) mass is 403 g/mol. The number of hydrogen-bond acceptors (Lipinski definition) is 6. The van der Waals surface area contributed by atoms with Gasteiger partial charge in [-0.15, -0.1) is 0 Å². The number of hydrogen-bond donors (Lipinski definition) is 0. The summed E-state index contributed by atoms with van der Waals surface area (Å²) in [6.07, 6.45) is 0. The Morgan fingerprint density at radius 3 is 2.60 bits per heavy atom. The van der Waals surface area contributed by atoms with Crippen LogP contribution in [0.2, 0.25) is 0 Å². The molecule has 0 aliphatic carbocycles. The molecule has 152 valence electrons. The van der Waals surface area contributed by atoms with E-state index in [1.54, 1.807) is 12.1 Å². The molecule has 0 N–H and O–H groups in total. The highest BCUT2D eigenvalue weighted by Crippen LogP contribution is 2.32. The van der Waals surface area contributed by atoms with Gasteiger partial charge in [0.2, 0.25) is 5.82 Å². The molecule has 3 heterocycles. The molecule has 0 bridgehead atoms. The summed E-state index contributed by atoms with van der Waals surface area (Å²) in [6, 6.07) is 16.2. The highest BCUT2D eigenvalue weighted by molar-refractivity contribution is 5.94. The van der Waals surface area contributed by atoms with Crippen LogP contribution in [-0.2, 0) is 0 Å². The molecule has 1 fully saturated rings. The molecule has 0 unspecified atom stereocenters. The van der Waals surface area contributed by atoms with Gasteiger partial charge in [-0.2, -0.15) is 4.98 Å². The van der Waals surface area contributed by atoms with E-state index in [1.165, 1.54) is 12.1 Å². The van der Waals surface area contributed by atoms with E-state index in [4.69, 9.17) is 9.51 Å². The van der Waals surface area contributed by atoms with Crippen molar-refractivity contribution in [1.82, 2.24) is 20.0 Å². The highest BCUT2D eigenvalue weighted by Gasteiger charge is 2.21. The van der Waals surface area contributed by atoms with Crippen LogP contribution in [0.15, 0.2) is 59.1 Å². The number of halogens is 1. The Bertz CT molecular complexity index is 1180. The van der Waals surface area contributed by atoms with Crippen molar-refractivity contribution in [2.75, 3.05) is 37.6 Å². The second-order valence-corrected chi connectivity index (χ2v) is 7.40. The first-order valence-electron chi connectivity index (χ1n) is 10.2. The van der Waals surface area contributed by atoms with E-state index in [0.717, 1.165) is 55.0 Å². The zero-order valence-electron chi connectivity index (χ0n) is 16.8. The van der Waals surface area contributed by atoms with E-state index in [-0.39, 0.29) is 5.82 Å². The third-order valence-corrected chi connectivity index (χ3v) is 5.59. The highest BCUT2D eigenvalue weighted by atomic mass is 19.1. The lowest BCUT2D eigenvalue weighted by Gasteiger charge is -2.35. The zero-order chi connectivity index (χ0) is 20.5. The first-order valence-corrected chi connectivity index (χ1v) is 10.2. The predicted octanol–water partition coefficient (Wildman–Crippen LogP) is 4.23. The van der Waals surface area contributed by atoms with Gasteiger partial charge >= 0.3 is 0 Å². The zero-order valence-corrected chi connectivity index (χ0v) is 16.8. The van der Waals surface area contributed by atoms with E-state index >= 15 is 0 Å². The van der Waals surface area contributed by atoms with Gasteiger partial charge in [0.05, 0.1) is 11.1 Å². The Kier molecular flexibility index (Phi) is 4.88. The average Bonchev–Trinajstić information content (AvgIpc) is 3.29. The standard InChI is InChI=1S/C23H22FN5O/c1-2-28-10-12-29(13-11-28)21-15-19(18-8-3-4-9-20(18)25-21)23-26-22(27-30-23)16-6-5-7-17(24)14-16/h3-9,14-15H,2,10-13H2,1H3. The van der Waals surface area contributed by atoms with Gasteiger partial charge < -0.3 is 14.3 Å². The minimum absolute atomic E-state index is 0.332. The number of rotatable bonds is 4. The maximum absolute atomic E-state index is 13.6. The molecule has 7 heteroatoms. The summed E-state index contributed by atoms with van der Waals surface area (Å²) in [4.78, 5) is 14.2. The van der Waals surface area contributed by atoms with Crippen LogP contribution in [0.4, 0.5) is 10.2 Å². The number of pyridine rings is 1. The predicted molar refractivity (Wildman–Crippen MR) is 115 cm³/mol. The van der Waals surface area contributed by atoms with Gasteiger partial charge in [0.25, 0.3) is 5.89 Å². The summed E-state index contributed by atoms with van der Waals surface area (Å²) in [5.41, 5.74) is 2.30. The van der Waals surface area contributed by atoms with Gasteiger partial charge in [-0.05, 0) is 30.8 Å². The van der Waals surface area contributed by atoms with Crippen LogP contribution in [0.25, 0.3) is 33.7 Å². The number of likely N-dealkylation sites (N-methyl/N-ethyl adjacent to an activating group) is 1. The van der Waals surface area contributed by atoms with Crippen molar-refractivity contribution < 1.29 is 8.91 Å². The van der Waals surface area contributed by atoms with Crippen LogP contribution >= 0.6 is 0 Å². The van der Waals surface area contributed by atoms with E-state index in [0.29, 0.717) is 17.3 Å². The molecule has 30 heavy (non-hydrogen) atoms. The molecule has 0 atom stereocenters. The van der Waals surface area contributed by atoms with Gasteiger partial charge in [-0.1, -0.05) is 42.4 Å². The molecular formula is C23H22FN5O. The van der Waals surface area contributed by atoms with Gasteiger partial charge in [0.1, 0.15) is 11.6 Å². The number of para-hydroxylation sites is 1. The number of aromatic nitrogens is 3. The van der Waals surface area contributed by atoms with Crippen molar-refractivity contribution in [2.45, 2.75) is 6.92 Å². The molecule has 6 nitrogen and oxygen atoms in total. The number of piperazine rings is 1. The van der Waals surface area contributed by atoms with Gasteiger partial charge in [0, 0.05) is 37.1 Å². The van der Waals surface area contributed by atoms with Crippen molar-refractivity contribution in [2.24, 2.45) is 0 Å². The van der Waals surface area contributed by atoms with Gasteiger partial charge in [-0.25, -0.2) is 9.37 Å². The third kappa shape index (κ3) is 3.52. The van der Waals surface area contributed by atoms with E-state index in [1.807, 2.05) is 30.3 Å². The molecule has 5 rings (SSSR count). The van der Waals surface area contributed by atoms with Gasteiger partial charge in [0.15, 0.2) is 0 Å². The van der Waals surface area contributed by atoms with E-state index < -0.39 is 0 Å². The van der Waals surface area contributed by atoms with E-state index in [9.17, 15) is 4.39 Å². The Morgan fingerprint density at radius 2 is 1.80 bits per heavy atom. The quantitative estimate of drug-likeness (QED) is 0.508. The lowest BCUT2D eigenvalue weighted by Crippen LogP contribution is -2.46. The fourth-order valence-corrected chi connectivity index (χ4v) is 3.87. The first kappa shape index (κ1) is 18.7. The topological polar surface area (TPSA) is 58.3 Å². The number of nitrogens with zero attached hydrogens (tertiary/aromatic N) is 5. The molecule has 0 saturated carbocycles. The SMILES string of the molecule is CCN1CCN(c2cc(-c3nc(-c4cccc(F)c4)no3)c3ccccc3n2)CC1. The molecule has 0 amide bonds. The molecule has 2 aromatic heterocycles. The number of fused-ring (bicyclic) bond motifs is 1. The van der Waals surface area contributed by atoms with Crippen LogP contribution in [0.3, 0.4) is 0 Å². The average molecular weight is 403 g/mol. The number of anilines is 1. The summed E-state index contributed by atoms with van der Waals surface area (Å²) in [7, 11) is 0. The number of benzene rings is 2. The van der Waals surface area contributed by atoms with Crippen molar-refractivity contribution in [3.8, 4) is 22.8 Å². The summed E-state index contributed by atoms with van der Waals surface area (Å²) in [5, 5.41) is 5.03. The lowest BCUT2D eigenvalue weighted by molar-refractivity contribution is 0.270. The summed E-state index contributed by atoms with van der Waals surface area (Å²) in [6.45, 7) is 7.14. The second kappa shape index (κ2) is 7.84. The molecule has 0 radical (unpaired) electrons. The normalized spacial score (nSPS) is 15.1. The lowest BCUT2D eigenvalue weighted by atomic mass is 10.1. The minimum Gasteiger partial charge on any atom is -0.354 e. The molecule has 1 saturated heterocycles. The third-order valence-electron chi connectivity index (χ3n) is 5.59.